The molecule has 1 nitrogen and oxygen atoms in total. The van der Waals surface area contributed by atoms with E-state index in [4.69, 9.17) is 4.74 Å². The molecule has 0 fully saturated rings. The summed E-state index contributed by atoms with van der Waals surface area (Å²) in [5.74, 6) is -1.43. The van der Waals surface area contributed by atoms with E-state index in [-0.39, 0.29) is 11.7 Å². The molecule has 0 saturated carbocycles. The number of benzene rings is 2. The highest BCUT2D eigenvalue weighted by molar-refractivity contribution is 5.37. The Balaban J connectivity index is 1.79. The Bertz CT molecular complexity index is 734. The van der Waals surface area contributed by atoms with Crippen molar-refractivity contribution in [1.29, 1.82) is 0 Å². The third-order valence-corrected chi connectivity index (χ3v) is 4.65. The first-order chi connectivity index (χ1) is 11.6. The first kappa shape index (κ1) is 16.7. The zero-order chi connectivity index (χ0) is 17.1. The van der Waals surface area contributed by atoms with Crippen LogP contribution in [-0.4, -0.2) is 6.61 Å². The van der Waals surface area contributed by atoms with Gasteiger partial charge in [-0.3, -0.25) is 0 Å². The molecule has 0 N–H and O–H groups in total. The van der Waals surface area contributed by atoms with Crippen LogP contribution in [0.25, 0.3) is 0 Å². The van der Waals surface area contributed by atoms with Gasteiger partial charge in [-0.05, 0) is 43.9 Å². The third-order valence-electron chi connectivity index (χ3n) is 4.65. The summed E-state index contributed by atoms with van der Waals surface area (Å²) >= 11 is 0. The Kier molecular flexibility index (Phi) is 4.98. The molecule has 0 radical (unpaired) electrons. The summed E-state index contributed by atoms with van der Waals surface area (Å²) in [7, 11) is 0. The van der Waals surface area contributed by atoms with Gasteiger partial charge in [0.05, 0.1) is 6.61 Å². The molecule has 2 aromatic rings. The Hall–Kier alpha value is -2.16. The minimum atomic E-state index is -0.886. The number of halogens is 2. The Morgan fingerprint density at radius 2 is 1.58 bits per heavy atom. The van der Waals surface area contributed by atoms with Gasteiger partial charge in [0.1, 0.15) is 0 Å². The van der Waals surface area contributed by atoms with Crippen LogP contribution >= 0.6 is 0 Å². The zero-order valence-electron chi connectivity index (χ0n) is 14.1. The van der Waals surface area contributed by atoms with E-state index in [9.17, 15) is 8.78 Å². The van der Waals surface area contributed by atoms with Crippen molar-refractivity contribution in [1.82, 2.24) is 0 Å². The fourth-order valence-corrected chi connectivity index (χ4v) is 3.27. The maximum Gasteiger partial charge on any atom is 0.200 e. The normalized spacial score (nSPS) is 20.2. The number of rotatable bonds is 4. The van der Waals surface area contributed by atoms with Gasteiger partial charge in [0.2, 0.25) is 5.82 Å². The Labute approximate surface area is 142 Å². The zero-order valence-corrected chi connectivity index (χ0v) is 14.1. The second-order valence-electron chi connectivity index (χ2n) is 6.30. The maximum absolute atomic E-state index is 14.3. The van der Waals surface area contributed by atoms with Crippen molar-refractivity contribution in [3.05, 3.63) is 76.9 Å². The van der Waals surface area contributed by atoms with E-state index in [1.165, 1.54) is 17.2 Å². The van der Waals surface area contributed by atoms with Crippen LogP contribution in [0.15, 0.2) is 48.6 Å². The molecule has 1 aliphatic carbocycles. The van der Waals surface area contributed by atoms with Crippen LogP contribution < -0.4 is 4.74 Å². The molecular weight excluding hydrogens is 306 g/mol. The van der Waals surface area contributed by atoms with Crippen molar-refractivity contribution < 1.29 is 13.5 Å². The summed E-state index contributed by atoms with van der Waals surface area (Å²) < 4.78 is 33.5. The van der Waals surface area contributed by atoms with E-state index < -0.39 is 11.6 Å². The SMILES string of the molecule is CCOc1ccc(C2C=CC(c3ccc(C)cc3)CC2)c(F)c1F. The van der Waals surface area contributed by atoms with Crippen LogP contribution in [0.1, 0.15) is 48.3 Å². The topological polar surface area (TPSA) is 9.23 Å². The monoisotopic (exact) mass is 328 g/mol. The minimum Gasteiger partial charge on any atom is -0.491 e. The molecule has 0 aliphatic heterocycles. The molecule has 2 atom stereocenters. The van der Waals surface area contributed by atoms with Crippen molar-refractivity contribution in [2.45, 2.75) is 38.5 Å². The van der Waals surface area contributed by atoms with Gasteiger partial charge in [0, 0.05) is 11.8 Å². The van der Waals surface area contributed by atoms with E-state index in [2.05, 4.69) is 37.3 Å². The predicted molar refractivity (Wildman–Crippen MR) is 92.6 cm³/mol. The lowest BCUT2D eigenvalue weighted by atomic mass is 9.81. The number of hydrogen-bond donors (Lipinski definition) is 0. The lowest BCUT2D eigenvalue weighted by Crippen LogP contribution is -2.09. The molecule has 3 rings (SSSR count). The van der Waals surface area contributed by atoms with Gasteiger partial charge in [-0.15, -0.1) is 0 Å². The van der Waals surface area contributed by atoms with Gasteiger partial charge in [0.15, 0.2) is 11.6 Å². The van der Waals surface area contributed by atoms with E-state index in [0.29, 0.717) is 18.1 Å². The summed E-state index contributed by atoms with van der Waals surface area (Å²) in [5.41, 5.74) is 2.92. The van der Waals surface area contributed by atoms with Crippen LogP contribution in [0.2, 0.25) is 0 Å². The summed E-state index contributed by atoms with van der Waals surface area (Å²) in [6, 6.07) is 11.7. The van der Waals surface area contributed by atoms with E-state index in [1.54, 1.807) is 13.0 Å². The van der Waals surface area contributed by atoms with Gasteiger partial charge >= 0.3 is 0 Å². The Morgan fingerprint density at radius 1 is 0.917 bits per heavy atom. The number of ether oxygens (including phenoxy) is 1. The standard InChI is InChI=1S/C21H22F2O/c1-3-24-19-13-12-18(20(22)21(19)23)17-10-8-16(9-11-17)15-6-4-14(2)5-7-15/h4-8,10,12-13,16-17H,3,9,11H2,1-2H3. The lowest BCUT2D eigenvalue weighted by molar-refractivity contribution is 0.313. The molecule has 1 aliphatic rings. The summed E-state index contributed by atoms with van der Waals surface area (Å²) in [6.45, 7) is 4.14. The smallest absolute Gasteiger partial charge is 0.200 e. The van der Waals surface area contributed by atoms with Gasteiger partial charge < -0.3 is 4.74 Å². The third kappa shape index (κ3) is 3.35. The molecule has 0 heterocycles. The average Bonchev–Trinajstić information content (AvgIpc) is 2.60. The second-order valence-corrected chi connectivity index (χ2v) is 6.30. The highest BCUT2D eigenvalue weighted by Crippen LogP contribution is 2.37. The fraction of sp³-hybridized carbons (Fsp3) is 0.333. The number of hydrogen-bond acceptors (Lipinski definition) is 1. The molecule has 0 saturated heterocycles. The maximum atomic E-state index is 14.3. The number of allylic oxidation sites excluding steroid dienone is 2. The van der Waals surface area contributed by atoms with Crippen molar-refractivity contribution in [3.8, 4) is 5.75 Å². The average molecular weight is 328 g/mol. The quantitative estimate of drug-likeness (QED) is 0.636. The molecular formula is C21H22F2O. The molecule has 24 heavy (non-hydrogen) atoms. The van der Waals surface area contributed by atoms with Gasteiger partial charge in [0.25, 0.3) is 0 Å². The molecule has 0 aromatic heterocycles. The second kappa shape index (κ2) is 7.16. The van der Waals surface area contributed by atoms with Crippen LogP contribution in [-0.2, 0) is 0 Å². The Morgan fingerprint density at radius 3 is 2.21 bits per heavy atom. The highest BCUT2D eigenvalue weighted by Gasteiger charge is 2.23. The van der Waals surface area contributed by atoms with E-state index in [1.807, 2.05) is 6.08 Å². The van der Waals surface area contributed by atoms with Gasteiger partial charge in [-0.2, -0.15) is 4.39 Å². The predicted octanol–water partition coefficient (Wildman–Crippen LogP) is 5.89. The van der Waals surface area contributed by atoms with Crippen molar-refractivity contribution in [3.63, 3.8) is 0 Å². The highest BCUT2D eigenvalue weighted by atomic mass is 19.2. The first-order valence-electron chi connectivity index (χ1n) is 8.45. The summed E-state index contributed by atoms with van der Waals surface area (Å²) in [5, 5.41) is 0. The molecule has 0 amide bonds. The van der Waals surface area contributed by atoms with Crippen molar-refractivity contribution >= 4 is 0 Å². The first-order valence-corrected chi connectivity index (χ1v) is 8.45. The van der Waals surface area contributed by atoms with Crippen molar-refractivity contribution in [2.24, 2.45) is 0 Å². The van der Waals surface area contributed by atoms with E-state index >= 15 is 0 Å². The van der Waals surface area contributed by atoms with Crippen LogP contribution in [0.4, 0.5) is 8.78 Å². The van der Waals surface area contributed by atoms with Crippen LogP contribution in [0.5, 0.6) is 5.75 Å². The molecule has 3 heteroatoms. The lowest BCUT2D eigenvalue weighted by Gasteiger charge is -2.24. The van der Waals surface area contributed by atoms with Crippen LogP contribution in [0.3, 0.4) is 0 Å². The minimum absolute atomic E-state index is 0.0175. The molecule has 0 spiro atoms. The largest absolute Gasteiger partial charge is 0.491 e. The molecule has 2 unspecified atom stereocenters. The van der Waals surface area contributed by atoms with Crippen molar-refractivity contribution in [2.75, 3.05) is 6.61 Å². The molecule has 0 bridgehead atoms. The molecule has 126 valence electrons. The fourth-order valence-electron chi connectivity index (χ4n) is 3.27. The number of aryl methyl sites for hydroxylation is 1. The van der Waals surface area contributed by atoms with Gasteiger partial charge in [-0.25, -0.2) is 4.39 Å². The molecule has 2 aromatic carbocycles. The summed E-state index contributed by atoms with van der Waals surface area (Å²) in [4.78, 5) is 0. The van der Waals surface area contributed by atoms with Crippen LogP contribution in [0, 0.1) is 18.6 Å². The summed E-state index contributed by atoms with van der Waals surface area (Å²) in [6.07, 6.45) is 5.86. The van der Waals surface area contributed by atoms with E-state index in [0.717, 1.165) is 12.8 Å². The van der Waals surface area contributed by atoms with Gasteiger partial charge in [-0.1, -0.05) is 48.0 Å².